The molecule has 0 saturated carbocycles. The normalized spacial score (nSPS) is 26.8. The number of likely N-dealkylation sites (N-methyl/N-ethyl adjacent to an activating group) is 1. The van der Waals surface area contributed by atoms with Crippen molar-refractivity contribution < 1.29 is 14.3 Å². The molecule has 2 atom stereocenters. The van der Waals surface area contributed by atoms with E-state index in [1.54, 1.807) is 0 Å². The molecule has 0 bridgehead atoms. The van der Waals surface area contributed by atoms with E-state index in [1.165, 1.54) is 0 Å². The molecule has 6 heteroatoms. The minimum atomic E-state index is 0. The number of nitrogens with one attached hydrogen (secondary N) is 1. The lowest BCUT2D eigenvalue weighted by Gasteiger charge is -2.28. The number of carbonyl (C=O) groups is 1. The molecular weight excluding hydrogens is 268 g/mol. The van der Waals surface area contributed by atoms with Gasteiger partial charge in [0.2, 0.25) is 5.91 Å². The van der Waals surface area contributed by atoms with Crippen molar-refractivity contribution in [2.75, 3.05) is 39.5 Å². The zero-order valence-corrected chi connectivity index (χ0v) is 12.4. The molecule has 2 unspecified atom stereocenters. The lowest BCUT2D eigenvalue weighted by Crippen LogP contribution is -2.46. The molecule has 0 aromatic rings. The summed E-state index contributed by atoms with van der Waals surface area (Å²) in [5.74, 6) is 0.205. The Bertz CT molecular complexity index is 267. The molecule has 19 heavy (non-hydrogen) atoms. The van der Waals surface area contributed by atoms with Crippen LogP contribution in [0.5, 0.6) is 0 Å². The second-order valence-corrected chi connectivity index (χ2v) is 5.00. The van der Waals surface area contributed by atoms with E-state index < -0.39 is 0 Å². The Morgan fingerprint density at radius 1 is 1.42 bits per heavy atom. The SMILES string of the molecule is CCN(CC1CCCO1)C(=O)CC1COCCN1.Cl. The van der Waals surface area contributed by atoms with Crippen molar-refractivity contribution >= 4 is 18.3 Å². The van der Waals surface area contributed by atoms with Gasteiger partial charge in [0.25, 0.3) is 0 Å². The standard InChI is InChI=1S/C13H24N2O3.ClH/c1-2-15(9-12-4-3-6-18-12)13(16)8-11-10-17-7-5-14-11;/h11-12,14H,2-10H2,1H3;1H. The molecule has 1 amide bonds. The molecule has 112 valence electrons. The minimum absolute atomic E-state index is 0. The molecule has 0 radical (unpaired) electrons. The van der Waals surface area contributed by atoms with Crippen LogP contribution in [0.4, 0.5) is 0 Å². The second kappa shape index (κ2) is 8.74. The fourth-order valence-corrected chi connectivity index (χ4v) is 2.53. The second-order valence-electron chi connectivity index (χ2n) is 5.00. The first kappa shape index (κ1) is 16.7. The van der Waals surface area contributed by atoms with Gasteiger partial charge in [-0.05, 0) is 19.8 Å². The van der Waals surface area contributed by atoms with Gasteiger partial charge >= 0.3 is 0 Å². The van der Waals surface area contributed by atoms with E-state index >= 15 is 0 Å². The summed E-state index contributed by atoms with van der Waals surface area (Å²) < 4.78 is 11.0. The Hall–Kier alpha value is -0.360. The van der Waals surface area contributed by atoms with Gasteiger partial charge in [0.1, 0.15) is 0 Å². The van der Waals surface area contributed by atoms with E-state index in [1.807, 2.05) is 11.8 Å². The van der Waals surface area contributed by atoms with Crippen molar-refractivity contribution in [1.29, 1.82) is 0 Å². The number of nitrogens with zero attached hydrogens (tertiary/aromatic N) is 1. The van der Waals surface area contributed by atoms with Crippen LogP contribution < -0.4 is 5.32 Å². The summed E-state index contributed by atoms with van der Waals surface area (Å²) in [5, 5.41) is 3.32. The van der Waals surface area contributed by atoms with Crippen molar-refractivity contribution in [2.24, 2.45) is 0 Å². The fraction of sp³-hybridized carbons (Fsp3) is 0.923. The van der Waals surface area contributed by atoms with Crippen LogP contribution in [-0.4, -0.2) is 62.4 Å². The van der Waals surface area contributed by atoms with Gasteiger partial charge in [-0.1, -0.05) is 0 Å². The molecule has 2 fully saturated rings. The quantitative estimate of drug-likeness (QED) is 0.815. The van der Waals surface area contributed by atoms with E-state index in [0.717, 1.165) is 45.7 Å². The highest BCUT2D eigenvalue weighted by atomic mass is 35.5. The van der Waals surface area contributed by atoms with Gasteiger partial charge in [-0.3, -0.25) is 4.79 Å². The van der Waals surface area contributed by atoms with Crippen LogP contribution >= 0.6 is 12.4 Å². The number of hydrogen-bond donors (Lipinski definition) is 1. The predicted molar refractivity (Wildman–Crippen MR) is 75.7 cm³/mol. The van der Waals surface area contributed by atoms with E-state index in [-0.39, 0.29) is 30.5 Å². The van der Waals surface area contributed by atoms with Gasteiger partial charge in [-0.25, -0.2) is 0 Å². The lowest BCUT2D eigenvalue weighted by molar-refractivity contribution is -0.133. The molecule has 5 nitrogen and oxygen atoms in total. The average molecular weight is 293 g/mol. The van der Waals surface area contributed by atoms with Gasteiger partial charge in [-0.2, -0.15) is 0 Å². The number of rotatable bonds is 5. The van der Waals surface area contributed by atoms with Gasteiger partial charge in [0.05, 0.1) is 19.3 Å². The summed E-state index contributed by atoms with van der Waals surface area (Å²) in [4.78, 5) is 14.1. The van der Waals surface area contributed by atoms with E-state index in [9.17, 15) is 4.79 Å². The molecule has 2 rings (SSSR count). The molecule has 2 saturated heterocycles. The van der Waals surface area contributed by atoms with Crippen LogP contribution in [0.15, 0.2) is 0 Å². The zero-order valence-electron chi connectivity index (χ0n) is 11.6. The Balaban J connectivity index is 0.00000180. The Morgan fingerprint density at radius 3 is 2.84 bits per heavy atom. The molecule has 0 aliphatic carbocycles. The number of carbonyl (C=O) groups excluding carboxylic acids is 1. The lowest BCUT2D eigenvalue weighted by atomic mass is 10.1. The van der Waals surface area contributed by atoms with Crippen molar-refractivity contribution in [2.45, 2.75) is 38.3 Å². The monoisotopic (exact) mass is 292 g/mol. The molecule has 2 heterocycles. The maximum atomic E-state index is 12.2. The summed E-state index contributed by atoms with van der Waals surface area (Å²) in [5.41, 5.74) is 0. The Labute approximate surface area is 121 Å². The topological polar surface area (TPSA) is 50.8 Å². The summed E-state index contributed by atoms with van der Waals surface area (Å²) in [6, 6.07) is 0.171. The molecule has 0 aromatic carbocycles. The Morgan fingerprint density at radius 2 is 2.26 bits per heavy atom. The highest BCUT2D eigenvalue weighted by Gasteiger charge is 2.24. The van der Waals surface area contributed by atoms with Crippen molar-refractivity contribution in [3.63, 3.8) is 0 Å². The zero-order chi connectivity index (χ0) is 12.8. The third-order valence-electron chi connectivity index (χ3n) is 3.60. The van der Waals surface area contributed by atoms with E-state index in [0.29, 0.717) is 13.0 Å². The van der Waals surface area contributed by atoms with Crippen LogP contribution in [0.25, 0.3) is 0 Å². The first-order valence-electron chi connectivity index (χ1n) is 7.00. The van der Waals surface area contributed by atoms with Crippen LogP contribution in [0.3, 0.4) is 0 Å². The minimum Gasteiger partial charge on any atom is -0.378 e. The van der Waals surface area contributed by atoms with E-state index in [4.69, 9.17) is 9.47 Å². The maximum absolute atomic E-state index is 12.2. The summed E-state index contributed by atoms with van der Waals surface area (Å²) in [6.07, 6.45) is 2.97. The predicted octanol–water partition coefficient (Wildman–Crippen LogP) is 0.814. The van der Waals surface area contributed by atoms with Gasteiger partial charge in [0, 0.05) is 38.7 Å². The molecule has 2 aliphatic rings. The smallest absolute Gasteiger partial charge is 0.224 e. The van der Waals surface area contributed by atoms with Gasteiger partial charge in [-0.15, -0.1) is 12.4 Å². The number of hydrogen-bond acceptors (Lipinski definition) is 4. The molecule has 0 spiro atoms. The maximum Gasteiger partial charge on any atom is 0.224 e. The molecule has 1 N–H and O–H groups in total. The van der Waals surface area contributed by atoms with Crippen LogP contribution in [-0.2, 0) is 14.3 Å². The van der Waals surface area contributed by atoms with Crippen LogP contribution in [0.2, 0.25) is 0 Å². The van der Waals surface area contributed by atoms with Crippen LogP contribution in [0, 0.1) is 0 Å². The third-order valence-corrected chi connectivity index (χ3v) is 3.60. The molecule has 0 aromatic heterocycles. The highest BCUT2D eigenvalue weighted by Crippen LogP contribution is 2.14. The van der Waals surface area contributed by atoms with Crippen molar-refractivity contribution in [1.82, 2.24) is 10.2 Å². The molecule has 2 aliphatic heterocycles. The van der Waals surface area contributed by atoms with Gasteiger partial charge < -0.3 is 19.7 Å². The average Bonchev–Trinajstić information content (AvgIpc) is 2.90. The summed E-state index contributed by atoms with van der Waals surface area (Å²) in [7, 11) is 0. The summed E-state index contributed by atoms with van der Waals surface area (Å²) >= 11 is 0. The number of morpholine rings is 1. The van der Waals surface area contributed by atoms with Crippen LogP contribution in [0.1, 0.15) is 26.2 Å². The fourth-order valence-electron chi connectivity index (χ4n) is 2.53. The van der Waals surface area contributed by atoms with Gasteiger partial charge in [0.15, 0.2) is 0 Å². The van der Waals surface area contributed by atoms with E-state index in [2.05, 4.69) is 5.32 Å². The first-order valence-corrected chi connectivity index (χ1v) is 7.00. The first-order chi connectivity index (χ1) is 8.79. The number of ether oxygens (including phenoxy) is 2. The number of amides is 1. The molecular formula is C13H25ClN2O3. The largest absolute Gasteiger partial charge is 0.378 e. The third kappa shape index (κ3) is 5.26. The number of halogens is 1. The van der Waals surface area contributed by atoms with Crippen molar-refractivity contribution in [3.8, 4) is 0 Å². The summed E-state index contributed by atoms with van der Waals surface area (Å²) in [6.45, 7) is 6.60. The highest BCUT2D eigenvalue weighted by molar-refractivity contribution is 5.85. The Kier molecular flexibility index (Phi) is 7.68. The van der Waals surface area contributed by atoms with Crippen molar-refractivity contribution in [3.05, 3.63) is 0 Å².